The van der Waals surface area contributed by atoms with E-state index in [-0.39, 0.29) is 0 Å². The van der Waals surface area contributed by atoms with Crippen LogP contribution in [0.25, 0.3) is 0 Å². The van der Waals surface area contributed by atoms with Crippen molar-refractivity contribution in [3.05, 3.63) is 90.3 Å². The fourth-order valence-corrected chi connectivity index (χ4v) is 4.07. The van der Waals surface area contributed by atoms with Crippen molar-refractivity contribution in [3.8, 4) is 0 Å². The molecule has 0 aliphatic rings. The van der Waals surface area contributed by atoms with Crippen LogP contribution in [0, 0.1) is 0 Å². The maximum absolute atomic E-state index is 4.20. The summed E-state index contributed by atoms with van der Waals surface area (Å²) in [6.45, 7) is 4.66. The monoisotopic (exact) mass is 375 g/mol. The zero-order chi connectivity index (χ0) is 19.9. The van der Waals surface area contributed by atoms with Gasteiger partial charge in [-0.05, 0) is 65.8 Å². The normalized spacial score (nSPS) is 14.4. The number of nitrogens with zero attached hydrogens (tertiary/aromatic N) is 3. The highest BCUT2D eigenvalue weighted by Crippen LogP contribution is 2.37. The van der Waals surface area contributed by atoms with E-state index < -0.39 is 0 Å². The van der Waals surface area contributed by atoms with Crippen LogP contribution >= 0.6 is 0 Å². The molecule has 3 heterocycles. The molecule has 0 bridgehead atoms. The van der Waals surface area contributed by atoms with Gasteiger partial charge in [-0.1, -0.05) is 13.8 Å². The molecule has 0 saturated carbocycles. The van der Waals surface area contributed by atoms with Crippen LogP contribution in [0.3, 0.4) is 0 Å². The Morgan fingerprint density at radius 2 is 1.21 bits per heavy atom. The van der Waals surface area contributed by atoms with Gasteiger partial charge in [-0.25, -0.2) is 9.13 Å². The Kier molecular flexibility index (Phi) is 6.91. The lowest BCUT2D eigenvalue weighted by atomic mass is 9.79. The average Bonchev–Trinajstić information content (AvgIpc) is 2.72. The summed E-state index contributed by atoms with van der Waals surface area (Å²) in [5.41, 5.74) is 4.27. The summed E-state index contributed by atoms with van der Waals surface area (Å²) in [6, 6.07) is 13.5. The molecule has 3 unspecified atom stereocenters. The van der Waals surface area contributed by atoms with Gasteiger partial charge >= 0.3 is 0 Å². The smallest absolute Gasteiger partial charge is 0.168 e. The minimum absolute atomic E-state index is 0.523. The van der Waals surface area contributed by atoms with Crippen molar-refractivity contribution in [2.45, 2.75) is 50.9 Å². The van der Waals surface area contributed by atoms with Gasteiger partial charge in [0.25, 0.3) is 0 Å². The summed E-state index contributed by atoms with van der Waals surface area (Å²) < 4.78 is 4.21. The molecule has 3 aromatic rings. The van der Waals surface area contributed by atoms with Gasteiger partial charge in [0.1, 0.15) is 14.1 Å². The van der Waals surface area contributed by atoms with E-state index in [4.69, 9.17) is 0 Å². The van der Waals surface area contributed by atoms with Crippen molar-refractivity contribution in [1.82, 2.24) is 4.98 Å². The summed E-state index contributed by atoms with van der Waals surface area (Å²) in [6.07, 6.45) is 15.9. The Hall–Kier alpha value is -2.55. The van der Waals surface area contributed by atoms with E-state index in [1.165, 1.54) is 23.1 Å². The van der Waals surface area contributed by atoms with Gasteiger partial charge in [-0.15, -0.1) is 0 Å². The Balaban J connectivity index is 1.84. The van der Waals surface area contributed by atoms with E-state index in [0.29, 0.717) is 17.8 Å². The summed E-state index contributed by atoms with van der Waals surface area (Å²) in [5, 5.41) is 0. The van der Waals surface area contributed by atoms with E-state index in [9.17, 15) is 0 Å². The minimum Gasteiger partial charge on any atom is -0.265 e. The van der Waals surface area contributed by atoms with Crippen LogP contribution in [0.1, 0.15) is 67.6 Å². The van der Waals surface area contributed by atoms with Crippen LogP contribution in [-0.2, 0) is 14.1 Å². The number of aromatic nitrogens is 3. The van der Waals surface area contributed by atoms with E-state index >= 15 is 0 Å². The van der Waals surface area contributed by atoms with Crippen molar-refractivity contribution in [2.24, 2.45) is 14.1 Å². The first-order chi connectivity index (χ1) is 13.6. The zero-order valence-corrected chi connectivity index (χ0v) is 17.6. The van der Waals surface area contributed by atoms with Gasteiger partial charge in [0, 0.05) is 36.7 Å². The Morgan fingerprint density at radius 1 is 0.714 bits per heavy atom. The molecular weight excluding hydrogens is 342 g/mol. The lowest BCUT2D eigenvalue weighted by Crippen LogP contribution is -2.26. The summed E-state index contributed by atoms with van der Waals surface area (Å²) in [7, 11) is 4.15. The largest absolute Gasteiger partial charge is 0.265 e. The molecule has 0 fully saturated rings. The molecule has 0 aliphatic heterocycles. The number of aryl methyl sites for hydroxylation is 2. The van der Waals surface area contributed by atoms with E-state index in [1.807, 2.05) is 12.4 Å². The average molecular weight is 376 g/mol. The molecule has 3 nitrogen and oxygen atoms in total. The van der Waals surface area contributed by atoms with Gasteiger partial charge in [0.15, 0.2) is 24.8 Å². The number of pyridine rings is 3. The fraction of sp³-hybridized carbons (Fsp3) is 0.400. The first-order valence-electron chi connectivity index (χ1n) is 10.4. The van der Waals surface area contributed by atoms with Crippen molar-refractivity contribution in [1.29, 1.82) is 0 Å². The third-order valence-corrected chi connectivity index (χ3v) is 5.93. The van der Waals surface area contributed by atoms with Crippen LogP contribution in [0.4, 0.5) is 0 Å². The predicted molar refractivity (Wildman–Crippen MR) is 113 cm³/mol. The predicted octanol–water partition coefficient (Wildman–Crippen LogP) is 4.59. The number of hydrogen-bond donors (Lipinski definition) is 0. The lowest BCUT2D eigenvalue weighted by Gasteiger charge is -2.26. The summed E-state index contributed by atoms with van der Waals surface area (Å²) in [4.78, 5) is 4.20. The molecule has 0 spiro atoms. The van der Waals surface area contributed by atoms with Crippen LogP contribution in [0.2, 0.25) is 0 Å². The second-order valence-electron chi connectivity index (χ2n) is 8.05. The molecule has 0 aliphatic carbocycles. The highest BCUT2D eigenvalue weighted by molar-refractivity contribution is 5.22. The molecule has 0 radical (unpaired) electrons. The third-order valence-electron chi connectivity index (χ3n) is 5.93. The molecule has 0 aromatic carbocycles. The zero-order valence-electron chi connectivity index (χ0n) is 17.6. The van der Waals surface area contributed by atoms with Crippen molar-refractivity contribution in [3.63, 3.8) is 0 Å². The molecule has 28 heavy (non-hydrogen) atoms. The van der Waals surface area contributed by atoms with Gasteiger partial charge in [-0.3, -0.25) is 4.98 Å². The molecule has 3 heteroatoms. The van der Waals surface area contributed by atoms with Gasteiger partial charge in [0.05, 0.1) is 0 Å². The summed E-state index contributed by atoms with van der Waals surface area (Å²) in [5.74, 6) is 1.61. The topological polar surface area (TPSA) is 20.6 Å². The van der Waals surface area contributed by atoms with Crippen LogP contribution in [-0.4, -0.2) is 4.98 Å². The molecule has 0 saturated heterocycles. The van der Waals surface area contributed by atoms with Crippen LogP contribution in [0.5, 0.6) is 0 Å². The van der Waals surface area contributed by atoms with Crippen molar-refractivity contribution in [2.75, 3.05) is 0 Å². The van der Waals surface area contributed by atoms with Crippen molar-refractivity contribution < 1.29 is 9.13 Å². The number of rotatable bonds is 8. The minimum atomic E-state index is 0.523. The lowest BCUT2D eigenvalue weighted by molar-refractivity contribution is -0.671. The molecule has 146 valence electrons. The molecule has 0 N–H and O–H groups in total. The van der Waals surface area contributed by atoms with E-state index in [1.54, 1.807) is 0 Å². The first-order valence-corrected chi connectivity index (χ1v) is 10.4. The highest BCUT2D eigenvalue weighted by atomic mass is 14.9. The second-order valence-corrected chi connectivity index (χ2v) is 8.05. The van der Waals surface area contributed by atoms with Gasteiger partial charge in [-0.2, -0.15) is 0 Å². The highest BCUT2D eigenvalue weighted by Gasteiger charge is 2.22. The molecule has 3 aromatic heterocycles. The Morgan fingerprint density at radius 3 is 1.75 bits per heavy atom. The van der Waals surface area contributed by atoms with E-state index in [2.05, 4.69) is 103 Å². The standard InChI is InChI=1S/C25H33N3/c1-5-21(23-6-12-26-13-7-23)19-25(24-10-16-28(4)17-11-24)18-20(2)22-8-14-27(3)15-9-22/h6-17,20-21,25H,5,18-19H2,1-4H3/q+2. The molecule has 3 rings (SSSR count). The summed E-state index contributed by atoms with van der Waals surface area (Å²) >= 11 is 0. The van der Waals surface area contributed by atoms with Crippen LogP contribution in [0.15, 0.2) is 73.6 Å². The molecular formula is C25H33N3+2. The molecule has 3 atom stereocenters. The van der Waals surface area contributed by atoms with E-state index in [0.717, 1.165) is 12.8 Å². The SMILES string of the molecule is CCC(CC(CC(C)c1cc[n+](C)cc1)c1cc[n+](C)cc1)c1ccncc1. The number of hydrogen-bond acceptors (Lipinski definition) is 1. The van der Waals surface area contributed by atoms with Crippen LogP contribution < -0.4 is 9.13 Å². The van der Waals surface area contributed by atoms with Crippen molar-refractivity contribution >= 4 is 0 Å². The fourth-order valence-electron chi connectivity index (χ4n) is 4.07. The van der Waals surface area contributed by atoms with Gasteiger partial charge in [0.2, 0.25) is 0 Å². The Bertz CT molecular complexity index is 841. The third kappa shape index (κ3) is 5.25. The second kappa shape index (κ2) is 9.59. The quantitative estimate of drug-likeness (QED) is 0.527. The maximum atomic E-state index is 4.20. The first kappa shape index (κ1) is 20.2. The maximum Gasteiger partial charge on any atom is 0.168 e. The molecule has 0 amide bonds. The Labute approximate surface area is 169 Å². The van der Waals surface area contributed by atoms with Gasteiger partial charge < -0.3 is 0 Å².